The third kappa shape index (κ3) is 3.41. The Morgan fingerprint density at radius 2 is 2.10 bits per heavy atom. The summed E-state index contributed by atoms with van der Waals surface area (Å²) in [5.41, 5.74) is 2.75. The average Bonchev–Trinajstić information content (AvgIpc) is 2.82. The molecular weight excluding hydrogens is 248 g/mol. The Bertz CT molecular complexity index is 422. The fourth-order valence-electron chi connectivity index (χ4n) is 3.07. The van der Waals surface area contributed by atoms with Crippen LogP contribution in [0, 0.1) is 0 Å². The van der Waals surface area contributed by atoms with E-state index in [-0.39, 0.29) is 0 Å². The van der Waals surface area contributed by atoms with E-state index in [0.717, 1.165) is 39.1 Å². The van der Waals surface area contributed by atoms with Crippen LogP contribution < -0.4 is 5.32 Å². The monoisotopic (exact) mass is 278 g/mol. The van der Waals surface area contributed by atoms with Crippen molar-refractivity contribution >= 4 is 0 Å². The van der Waals surface area contributed by atoms with Gasteiger partial charge in [0.25, 0.3) is 0 Å². The lowest BCUT2D eigenvalue weighted by Crippen LogP contribution is -2.30. The van der Waals surface area contributed by atoms with E-state index in [9.17, 15) is 0 Å². The lowest BCUT2D eigenvalue weighted by molar-refractivity contribution is 0.273. The van der Waals surface area contributed by atoms with E-state index < -0.39 is 0 Å². The van der Waals surface area contributed by atoms with Crippen molar-refractivity contribution in [1.82, 2.24) is 19.8 Å². The number of nitrogens with zero attached hydrogens (tertiary/aromatic N) is 3. The molecule has 20 heavy (non-hydrogen) atoms. The van der Waals surface area contributed by atoms with Crippen LogP contribution in [0.1, 0.15) is 57.2 Å². The highest BCUT2D eigenvalue weighted by Gasteiger charge is 2.21. The molecule has 0 radical (unpaired) electrons. The number of likely N-dealkylation sites (N-methyl/N-ethyl adjacent to an activating group) is 1. The van der Waals surface area contributed by atoms with Gasteiger partial charge in [-0.15, -0.1) is 0 Å². The minimum absolute atomic E-state index is 0.502. The SMILES string of the molecule is CCCN(CC)CCn1c(C(C)C)nc2c1CCNC2. The van der Waals surface area contributed by atoms with Gasteiger partial charge < -0.3 is 14.8 Å². The third-order valence-corrected chi connectivity index (χ3v) is 4.16. The van der Waals surface area contributed by atoms with Gasteiger partial charge >= 0.3 is 0 Å². The quantitative estimate of drug-likeness (QED) is 0.831. The zero-order valence-electron chi connectivity index (χ0n) is 13.6. The summed E-state index contributed by atoms with van der Waals surface area (Å²) in [5, 5.41) is 3.43. The second kappa shape index (κ2) is 7.23. The summed E-state index contributed by atoms with van der Waals surface area (Å²) in [7, 11) is 0. The summed E-state index contributed by atoms with van der Waals surface area (Å²) in [5.74, 6) is 1.77. The molecule has 1 aromatic heterocycles. The highest BCUT2D eigenvalue weighted by atomic mass is 15.2. The van der Waals surface area contributed by atoms with Crippen molar-refractivity contribution in [2.24, 2.45) is 0 Å². The minimum Gasteiger partial charge on any atom is -0.330 e. The zero-order valence-corrected chi connectivity index (χ0v) is 13.6. The lowest BCUT2D eigenvalue weighted by Gasteiger charge is -2.23. The molecule has 1 aliphatic heterocycles. The molecule has 2 heterocycles. The largest absolute Gasteiger partial charge is 0.330 e. The van der Waals surface area contributed by atoms with Crippen LogP contribution in [-0.4, -0.2) is 40.6 Å². The van der Waals surface area contributed by atoms with Gasteiger partial charge in [0.1, 0.15) is 5.82 Å². The third-order valence-electron chi connectivity index (χ3n) is 4.16. The van der Waals surface area contributed by atoms with Crippen LogP contribution in [-0.2, 0) is 19.5 Å². The molecule has 0 aliphatic carbocycles. The summed E-state index contributed by atoms with van der Waals surface area (Å²) in [6.07, 6.45) is 2.35. The first-order chi connectivity index (χ1) is 9.67. The predicted octanol–water partition coefficient (Wildman–Crippen LogP) is 2.38. The van der Waals surface area contributed by atoms with Crippen LogP contribution in [0.3, 0.4) is 0 Å². The number of fused-ring (bicyclic) bond motifs is 1. The van der Waals surface area contributed by atoms with Gasteiger partial charge in [-0.2, -0.15) is 0 Å². The van der Waals surface area contributed by atoms with Crippen molar-refractivity contribution in [3.63, 3.8) is 0 Å². The minimum atomic E-state index is 0.502. The molecule has 1 aliphatic rings. The van der Waals surface area contributed by atoms with Crippen molar-refractivity contribution in [2.45, 2.75) is 59.5 Å². The molecule has 0 aromatic carbocycles. The van der Waals surface area contributed by atoms with E-state index in [4.69, 9.17) is 4.98 Å². The highest BCUT2D eigenvalue weighted by Crippen LogP contribution is 2.21. The summed E-state index contributed by atoms with van der Waals surface area (Å²) in [6, 6.07) is 0. The van der Waals surface area contributed by atoms with Gasteiger partial charge in [0.05, 0.1) is 5.69 Å². The summed E-state index contributed by atoms with van der Waals surface area (Å²) < 4.78 is 2.50. The number of aromatic nitrogens is 2. The Kier molecular flexibility index (Phi) is 5.61. The van der Waals surface area contributed by atoms with E-state index in [1.807, 2.05) is 0 Å². The highest BCUT2D eigenvalue weighted by molar-refractivity contribution is 5.21. The Hall–Kier alpha value is -0.870. The van der Waals surface area contributed by atoms with Crippen LogP contribution >= 0.6 is 0 Å². The molecule has 0 saturated carbocycles. The molecule has 0 fully saturated rings. The molecule has 0 bridgehead atoms. The number of imidazole rings is 1. The van der Waals surface area contributed by atoms with Crippen molar-refractivity contribution in [1.29, 1.82) is 0 Å². The maximum atomic E-state index is 4.88. The first-order valence-corrected chi connectivity index (χ1v) is 8.18. The van der Waals surface area contributed by atoms with Crippen LogP contribution in [0.5, 0.6) is 0 Å². The van der Waals surface area contributed by atoms with Gasteiger partial charge in [-0.05, 0) is 19.5 Å². The number of hydrogen-bond donors (Lipinski definition) is 1. The van der Waals surface area contributed by atoms with E-state index in [2.05, 4.69) is 42.5 Å². The molecule has 1 N–H and O–H groups in total. The first kappa shape index (κ1) is 15.5. The number of nitrogens with one attached hydrogen (secondary N) is 1. The van der Waals surface area contributed by atoms with Crippen molar-refractivity contribution in [3.05, 3.63) is 17.2 Å². The number of rotatable bonds is 7. The molecule has 0 unspecified atom stereocenters. The van der Waals surface area contributed by atoms with Crippen molar-refractivity contribution in [3.8, 4) is 0 Å². The topological polar surface area (TPSA) is 33.1 Å². The van der Waals surface area contributed by atoms with Gasteiger partial charge in [0, 0.05) is 44.2 Å². The van der Waals surface area contributed by atoms with Crippen molar-refractivity contribution in [2.75, 3.05) is 26.2 Å². The van der Waals surface area contributed by atoms with E-state index in [1.54, 1.807) is 0 Å². The van der Waals surface area contributed by atoms with Gasteiger partial charge in [0.2, 0.25) is 0 Å². The molecule has 114 valence electrons. The van der Waals surface area contributed by atoms with Gasteiger partial charge in [-0.3, -0.25) is 0 Å². The maximum absolute atomic E-state index is 4.88. The normalized spacial score (nSPS) is 15.1. The van der Waals surface area contributed by atoms with E-state index in [1.165, 1.54) is 30.2 Å². The predicted molar refractivity (Wildman–Crippen MR) is 84.1 cm³/mol. The molecule has 2 rings (SSSR count). The second-order valence-corrected chi connectivity index (χ2v) is 6.03. The molecule has 0 saturated heterocycles. The molecule has 0 amide bonds. The fourth-order valence-corrected chi connectivity index (χ4v) is 3.07. The fraction of sp³-hybridized carbons (Fsp3) is 0.812. The zero-order chi connectivity index (χ0) is 14.5. The standard InChI is InChI=1S/C16H30N4/c1-5-9-19(6-2)10-11-20-15-7-8-17-12-14(15)18-16(20)13(3)4/h13,17H,5-12H2,1-4H3. The molecule has 0 atom stereocenters. The molecule has 0 spiro atoms. The summed E-state index contributed by atoms with van der Waals surface area (Å²) in [6.45, 7) is 15.6. The van der Waals surface area contributed by atoms with Gasteiger partial charge in [-0.25, -0.2) is 4.98 Å². The maximum Gasteiger partial charge on any atom is 0.111 e. The Labute approximate surface area is 123 Å². The molecule has 4 heteroatoms. The van der Waals surface area contributed by atoms with E-state index in [0.29, 0.717) is 5.92 Å². The van der Waals surface area contributed by atoms with Crippen LogP contribution in [0.2, 0.25) is 0 Å². The first-order valence-electron chi connectivity index (χ1n) is 8.18. The van der Waals surface area contributed by atoms with Crippen LogP contribution in [0.15, 0.2) is 0 Å². The summed E-state index contributed by atoms with van der Waals surface area (Å²) in [4.78, 5) is 7.42. The van der Waals surface area contributed by atoms with Gasteiger partial charge in [0.15, 0.2) is 0 Å². The average molecular weight is 278 g/mol. The van der Waals surface area contributed by atoms with Gasteiger partial charge in [-0.1, -0.05) is 27.7 Å². The number of hydrogen-bond acceptors (Lipinski definition) is 3. The Morgan fingerprint density at radius 1 is 1.30 bits per heavy atom. The molecule has 1 aromatic rings. The van der Waals surface area contributed by atoms with Crippen LogP contribution in [0.4, 0.5) is 0 Å². The molecule has 4 nitrogen and oxygen atoms in total. The van der Waals surface area contributed by atoms with Crippen LogP contribution in [0.25, 0.3) is 0 Å². The molecular formula is C16H30N4. The van der Waals surface area contributed by atoms with E-state index >= 15 is 0 Å². The Morgan fingerprint density at radius 3 is 2.75 bits per heavy atom. The Balaban J connectivity index is 2.14. The second-order valence-electron chi connectivity index (χ2n) is 6.03. The smallest absolute Gasteiger partial charge is 0.111 e. The van der Waals surface area contributed by atoms with Crippen molar-refractivity contribution < 1.29 is 0 Å². The summed E-state index contributed by atoms with van der Waals surface area (Å²) >= 11 is 0. The lowest BCUT2D eigenvalue weighted by atomic mass is 10.2.